The SMILES string of the molecule is C.[C-]#[N+]c1cc(F)ccc1-c1cc(F)cc2c1O[C@@H](CN)CO2. The second kappa shape index (κ2) is 6.63. The minimum absolute atomic E-state index is 0. The number of hydrogen-bond acceptors (Lipinski definition) is 3. The average molecular weight is 318 g/mol. The first kappa shape index (κ1) is 16.7. The summed E-state index contributed by atoms with van der Waals surface area (Å²) in [6, 6.07) is 6.19. The van der Waals surface area contributed by atoms with Gasteiger partial charge in [0.1, 0.15) is 24.3 Å². The smallest absolute Gasteiger partial charge is 0.197 e. The Bertz CT molecular complexity index is 772. The van der Waals surface area contributed by atoms with E-state index in [0.29, 0.717) is 16.9 Å². The summed E-state index contributed by atoms with van der Waals surface area (Å²) in [5.41, 5.74) is 6.38. The van der Waals surface area contributed by atoms with Gasteiger partial charge in [-0.2, -0.15) is 0 Å². The van der Waals surface area contributed by atoms with Crippen LogP contribution in [0.3, 0.4) is 0 Å². The molecule has 0 fully saturated rings. The number of rotatable bonds is 2. The van der Waals surface area contributed by atoms with Crippen LogP contribution in [-0.4, -0.2) is 19.3 Å². The number of nitrogens with zero attached hydrogens (tertiary/aromatic N) is 1. The van der Waals surface area contributed by atoms with Crippen molar-refractivity contribution in [2.24, 2.45) is 5.73 Å². The first-order valence-corrected chi connectivity index (χ1v) is 6.63. The van der Waals surface area contributed by atoms with Crippen molar-refractivity contribution in [3.63, 3.8) is 0 Å². The van der Waals surface area contributed by atoms with Crippen LogP contribution in [0.4, 0.5) is 14.5 Å². The topological polar surface area (TPSA) is 48.8 Å². The Morgan fingerprint density at radius 1 is 1.17 bits per heavy atom. The van der Waals surface area contributed by atoms with Crippen LogP contribution in [0.25, 0.3) is 16.0 Å². The van der Waals surface area contributed by atoms with Crippen LogP contribution in [0.5, 0.6) is 11.5 Å². The third kappa shape index (κ3) is 3.10. The van der Waals surface area contributed by atoms with E-state index in [1.165, 1.54) is 24.3 Å². The fourth-order valence-electron chi connectivity index (χ4n) is 2.32. The molecule has 0 unspecified atom stereocenters. The van der Waals surface area contributed by atoms with Gasteiger partial charge in [0.25, 0.3) is 0 Å². The number of nitrogens with two attached hydrogens (primary N) is 1. The highest BCUT2D eigenvalue weighted by atomic mass is 19.1. The van der Waals surface area contributed by atoms with E-state index in [9.17, 15) is 8.78 Å². The van der Waals surface area contributed by atoms with Gasteiger partial charge >= 0.3 is 0 Å². The van der Waals surface area contributed by atoms with Gasteiger partial charge in [-0.15, -0.1) is 0 Å². The zero-order valence-electron chi connectivity index (χ0n) is 11.5. The monoisotopic (exact) mass is 318 g/mol. The van der Waals surface area contributed by atoms with Gasteiger partial charge in [-0.3, -0.25) is 0 Å². The molecule has 1 aliphatic heterocycles. The van der Waals surface area contributed by atoms with Crippen LogP contribution >= 0.6 is 0 Å². The summed E-state index contributed by atoms with van der Waals surface area (Å²) in [7, 11) is 0. The molecular weight excluding hydrogens is 302 g/mol. The quantitative estimate of drug-likeness (QED) is 0.854. The molecule has 0 aromatic heterocycles. The second-order valence-electron chi connectivity index (χ2n) is 4.84. The Kier molecular flexibility index (Phi) is 4.82. The summed E-state index contributed by atoms with van der Waals surface area (Å²) in [5, 5.41) is 0. The zero-order chi connectivity index (χ0) is 15.7. The van der Waals surface area contributed by atoms with Crippen molar-refractivity contribution in [3.05, 3.63) is 53.4 Å². The minimum atomic E-state index is -0.531. The van der Waals surface area contributed by atoms with Gasteiger partial charge in [-0.25, -0.2) is 13.6 Å². The van der Waals surface area contributed by atoms with Crippen molar-refractivity contribution in [2.75, 3.05) is 13.2 Å². The Hall–Kier alpha value is -2.65. The lowest BCUT2D eigenvalue weighted by Crippen LogP contribution is -2.36. The van der Waals surface area contributed by atoms with Crippen LogP contribution in [0.1, 0.15) is 7.43 Å². The molecule has 0 amide bonds. The molecular formula is C17H16F2N2O2. The lowest BCUT2D eigenvalue weighted by atomic mass is 10.0. The molecule has 0 radical (unpaired) electrons. The molecule has 6 heteroatoms. The first-order valence-electron chi connectivity index (χ1n) is 6.63. The van der Waals surface area contributed by atoms with Gasteiger partial charge in [-0.1, -0.05) is 13.5 Å². The minimum Gasteiger partial charge on any atom is -0.486 e. The number of halogens is 2. The maximum absolute atomic E-state index is 13.8. The van der Waals surface area contributed by atoms with E-state index in [-0.39, 0.29) is 38.1 Å². The highest BCUT2D eigenvalue weighted by Gasteiger charge is 2.25. The van der Waals surface area contributed by atoms with Gasteiger partial charge in [0.2, 0.25) is 0 Å². The van der Waals surface area contributed by atoms with E-state index in [1.807, 2.05) is 0 Å². The molecule has 0 saturated carbocycles. The third-order valence-corrected chi connectivity index (χ3v) is 3.36. The second-order valence-corrected chi connectivity index (χ2v) is 4.84. The van der Waals surface area contributed by atoms with Crippen molar-refractivity contribution in [1.82, 2.24) is 0 Å². The number of ether oxygens (including phenoxy) is 2. The first-order chi connectivity index (χ1) is 10.6. The van der Waals surface area contributed by atoms with E-state index < -0.39 is 11.6 Å². The van der Waals surface area contributed by atoms with E-state index in [4.69, 9.17) is 21.8 Å². The molecule has 0 saturated heterocycles. The number of benzene rings is 2. The van der Waals surface area contributed by atoms with Crippen LogP contribution in [-0.2, 0) is 0 Å². The average Bonchev–Trinajstić information content (AvgIpc) is 2.53. The molecule has 1 heterocycles. The molecule has 2 aromatic rings. The summed E-state index contributed by atoms with van der Waals surface area (Å²) in [6.45, 7) is 7.65. The largest absolute Gasteiger partial charge is 0.486 e. The van der Waals surface area contributed by atoms with Gasteiger partial charge in [0, 0.05) is 18.2 Å². The molecule has 4 nitrogen and oxygen atoms in total. The molecule has 2 aromatic carbocycles. The van der Waals surface area contributed by atoms with Gasteiger partial charge < -0.3 is 15.2 Å². The summed E-state index contributed by atoms with van der Waals surface area (Å²) in [5.74, 6) is -0.486. The molecule has 1 aliphatic rings. The standard InChI is InChI=1S/C16H12F2N2O2.CH4/c1-20-14-5-9(17)2-3-12(14)13-4-10(18)6-15-16(13)22-11(7-19)8-21-15;/h2-6,11H,7-8,19H2;1H4/t11-;/m0./s1. The van der Waals surface area contributed by atoms with Crippen molar-refractivity contribution >= 4 is 5.69 Å². The molecule has 1 atom stereocenters. The molecule has 2 N–H and O–H groups in total. The van der Waals surface area contributed by atoms with Crippen molar-refractivity contribution in [2.45, 2.75) is 13.5 Å². The summed E-state index contributed by atoms with van der Waals surface area (Å²) >= 11 is 0. The highest BCUT2D eigenvalue weighted by Crippen LogP contribution is 2.44. The summed E-state index contributed by atoms with van der Waals surface area (Å²) in [4.78, 5) is 3.29. The predicted octanol–water partition coefficient (Wildman–Crippen LogP) is 3.92. The van der Waals surface area contributed by atoms with Crippen LogP contribution in [0.15, 0.2) is 30.3 Å². The Labute approximate surface area is 133 Å². The number of fused-ring (bicyclic) bond motifs is 1. The Morgan fingerprint density at radius 3 is 2.65 bits per heavy atom. The van der Waals surface area contributed by atoms with Gasteiger partial charge in [0.05, 0.1) is 6.57 Å². The van der Waals surface area contributed by atoms with Crippen LogP contribution in [0.2, 0.25) is 0 Å². The van der Waals surface area contributed by atoms with Crippen LogP contribution < -0.4 is 15.2 Å². The van der Waals surface area contributed by atoms with Crippen molar-refractivity contribution < 1.29 is 18.3 Å². The Balaban J connectivity index is 0.00000192. The van der Waals surface area contributed by atoms with Crippen molar-refractivity contribution in [3.8, 4) is 22.6 Å². The maximum Gasteiger partial charge on any atom is 0.197 e. The van der Waals surface area contributed by atoms with E-state index >= 15 is 0 Å². The van der Waals surface area contributed by atoms with E-state index in [1.54, 1.807) is 0 Å². The molecule has 0 spiro atoms. The molecule has 0 bridgehead atoms. The van der Waals surface area contributed by atoms with Gasteiger partial charge in [0.15, 0.2) is 17.2 Å². The zero-order valence-corrected chi connectivity index (χ0v) is 11.5. The summed E-state index contributed by atoms with van der Waals surface area (Å²) in [6.07, 6.45) is -0.353. The van der Waals surface area contributed by atoms with E-state index in [2.05, 4.69) is 4.85 Å². The predicted molar refractivity (Wildman–Crippen MR) is 83.8 cm³/mol. The normalized spacial score (nSPS) is 15.5. The molecule has 23 heavy (non-hydrogen) atoms. The lowest BCUT2D eigenvalue weighted by Gasteiger charge is -2.27. The number of hydrogen-bond donors (Lipinski definition) is 1. The molecule has 0 aliphatic carbocycles. The maximum atomic E-state index is 13.8. The molecule has 3 rings (SSSR count). The third-order valence-electron chi connectivity index (χ3n) is 3.36. The van der Waals surface area contributed by atoms with Gasteiger partial charge in [-0.05, 0) is 23.8 Å². The highest BCUT2D eigenvalue weighted by molar-refractivity contribution is 5.84. The molecule has 120 valence electrons. The Morgan fingerprint density at radius 2 is 1.96 bits per heavy atom. The van der Waals surface area contributed by atoms with Crippen molar-refractivity contribution in [1.29, 1.82) is 0 Å². The fraction of sp³-hybridized carbons (Fsp3) is 0.235. The summed E-state index contributed by atoms with van der Waals surface area (Å²) < 4.78 is 38.3. The fourth-order valence-corrected chi connectivity index (χ4v) is 2.32. The van der Waals surface area contributed by atoms with E-state index in [0.717, 1.165) is 6.07 Å². The lowest BCUT2D eigenvalue weighted by molar-refractivity contribution is 0.0971. The van der Waals surface area contributed by atoms with Crippen LogP contribution in [0, 0.1) is 18.2 Å².